The van der Waals surface area contributed by atoms with Gasteiger partial charge in [0.1, 0.15) is 11.3 Å². The first-order valence-electron chi connectivity index (χ1n) is 11.9. The number of aromatic nitrogens is 2. The molecule has 2 aromatic carbocycles. The summed E-state index contributed by atoms with van der Waals surface area (Å²) in [7, 11) is 0. The SMILES string of the molecule is CC(CNCc1cccc2ocnc12)[C@@H]1CCCC(c2c(C[NH-])c(F)cc3ncccc23)C1. The van der Waals surface area contributed by atoms with Gasteiger partial charge in [-0.25, -0.2) is 9.37 Å². The van der Waals surface area contributed by atoms with Crippen LogP contribution < -0.4 is 5.32 Å². The van der Waals surface area contributed by atoms with Crippen LogP contribution in [0.4, 0.5) is 4.39 Å². The normalized spacial score (nSPS) is 19.8. The van der Waals surface area contributed by atoms with Crippen LogP contribution in [0, 0.1) is 17.7 Å². The van der Waals surface area contributed by atoms with E-state index < -0.39 is 0 Å². The first-order valence-corrected chi connectivity index (χ1v) is 11.9. The third-order valence-electron chi connectivity index (χ3n) is 7.34. The molecular formula is C27H30FN4O-. The molecule has 4 aromatic rings. The topological polar surface area (TPSA) is 74.8 Å². The van der Waals surface area contributed by atoms with Crippen molar-refractivity contribution in [2.24, 2.45) is 11.8 Å². The molecule has 0 radical (unpaired) electrons. The monoisotopic (exact) mass is 445 g/mol. The van der Waals surface area contributed by atoms with E-state index >= 15 is 0 Å². The van der Waals surface area contributed by atoms with Crippen LogP contribution >= 0.6 is 0 Å². The van der Waals surface area contributed by atoms with Crippen LogP contribution in [0.3, 0.4) is 0 Å². The lowest BCUT2D eigenvalue weighted by molar-refractivity contribution is 0.236. The summed E-state index contributed by atoms with van der Waals surface area (Å²) in [6.07, 6.45) is 7.61. The molecule has 0 amide bonds. The molecule has 5 rings (SSSR count). The minimum absolute atomic E-state index is 0.0299. The van der Waals surface area contributed by atoms with Crippen LogP contribution in [-0.2, 0) is 13.1 Å². The van der Waals surface area contributed by atoms with Gasteiger partial charge in [0.15, 0.2) is 12.0 Å². The third-order valence-corrected chi connectivity index (χ3v) is 7.34. The fourth-order valence-corrected chi connectivity index (χ4v) is 5.60. The molecule has 6 heteroatoms. The van der Waals surface area contributed by atoms with Crippen molar-refractivity contribution in [3.05, 3.63) is 77.2 Å². The highest BCUT2D eigenvalue weighted by Gasteiger charge is 2.29. The van der Waals surface area contributed by atoms with Gasteiger partial charge >= 0.3 is 0 Å². The van der Waals surface area contributed by atoms with E-state index in [1.165, 1.54) is 18.9 Å². The fraction of sp³-hybridized carbons (Fsp3) is 0.407. The van der Waals surface area contributed by atoms with Gasteiger partial charge < -0.3 is 15.5 Å². The van der Waals surface area contributed by atoms with Gasteiger partial charge in [-0.05, 0) is 66.0 Å². The summed E-state index contributed by atoms with van der Waals surface area (Å²) in [4.78, 5) is 8.73. The second-order valence-electron chi connectivity index (χ2n) is 9.35. The van der Waals surface area contributed by atoms with E-state index in [1.54, 1.807) is 6.20 Å². The Morgan fingerprint density at radius 2 is 2.12 bits per heavy atom. The molecule has 1 aliphatic carbocycles. The smallest absolute Gasteiger partial charge is 0.181 e. The van der Waals surface area contributed by atoms with Crippen LogP contribution in [0.25, 0.3) is 27.7 Å². The predicted molar refractivity (Wildman–Crippen MR) is 129 cm³/mol. The zero-order valence-corrected chi connectivity index (χ0v) is 19.0. The Labute approximate surface area is 193 Å². The molecule has 2 aromatic heterocycles. The van der Waals surface area contributed by atoms with Crippen molar-refractivity contribution in [1.29, 1.82) is 0 Å². The van der Waals surface area contributed by atoms with Gasteiger partial charge in [-0.1, -0.05) is 38.0 Å². The van der Waals surface area contributed by atoms with E-state index in [0.717, 1.165) is 60.0 Å². The van der Waals surface area contributed by atoms with Gasteiger partial charge in [-0.15, -0.1) is 6.54 Å². The number of rotatable bonds is 7. The highest BCUT2D eigenvalue weighted by atomic mass is 19.1. The number of benzene rings is 2. The van der Waals surface area contributed by atoms with Crippen LogP contribution in [0.15, 0.2) is 53.4 Å². The summed E-state index contributed by atoms with van der Waals surface area (Å²) in [5.74, 6) is 1.05. The average Bonchev–Trinajstić information content (AvgIpc) is 3.33. The number of oxazole rings is 1. The molecule has 3 atom stereocenters. The van der Waals surface area contributed by atoms with Crippen molar-refractivity contribution < 1.29 is 8.81 Å². The lowest BCUT2D eigenvalue weighted by Crippen LogP contribution is -2.29. The van der Waals surface area contributed by atoms with Crippen molar-refractivity contribution in [1.82, 2.24) is 15.3 Å². The van der Waals surface area contributed by atoms with Gasteiger partial charge in [0.05, 0.1) is 5.52 Å². The summed E-state index contributed by atoms with van der Waals surface area (Å²) < 4.78 is 20.2. The maximum absolute atomic E-state index is 14.8. The molecule has 0 spiro atoms. The Balaban J connectivity index is 1.29. The van der Waals surface area contributed by atoms with Crippen LogP contribution in [-0.4, -0.2) is 16.5 Å². The first-order chi connectivity index (χ1) is 16.2. The van der Waals surface area contributed by atoms with Crippen LogP contribution in [0.5, 0.6) is 0 Å². The molecule has 172 valence electrons. The molecule has 5 nitrogen and oxygen atoms in total. The van der Waals surface area contributed by atoms with Crippen molar-refractivity contribution in [2.75, 3.05) is 6.54 Å². The maximum atomic E-state index is 14.8. The summed E-state index contributed by atoms with van der Waals surface area (Å²) >= 11 is 0. The zero-order valence-electron chi connectivity index (χ0n) is 19.0. The lowest BCUT2D eigenvalue weighted by atomic mass is 9.71. The number of nitrogens with one attached hydrogen (secondary N) is 2. The molecule has 0 saturated heterocycles. The van der Waals surface area contributed by atoms with Gasteiger partial charge in [0.2, 0.25) is 0 Å². The summed E-state index contributed by atoms with van der Waals surface area (Å²) in [5, 5.41) is 4.63. The quantitative estimate of drug-likeness (QED) is 0.341. The van der Waals surface area contributed by atoms with E-state index in [9.17, 15) is 4.39 Å². The van der Waals surface area contributed by atoms with E-state index in [-0.39, 0.29) is 18.3 Å². The Bertz CT molecular complexity index is 1250. The molecule has 1 saturated carbocycles. The molecule has 2 unspecified atom stereocenters. The fourth-order valence-electron chi connectivity index (χ4n) is 5.60. The number of fused-ring (bicyclic) bond motifs is 2. The molecule has 2 heterocycles. The maximum Gasteiger partial charge on any atom is 0.181 e. The van der Waals surface area contributed by atoms with Crippen molar-refractivity contribution in [2.45, 2.75) is 51.6 Å². The Morgan fingerprint density at radius 1 is 1.21 bits per heavy atom. The minimum Gasteiger partial charge on any atom is -0.674 e. The first kappa shape index (κ1) is 22.0. The largest absolute Gasteiger partial charge is 0.674 e. The highest BCUT2D eigenvalue weighted by Crippen LogP contribution is 2.43. The molecule has 1 fully saturated rings. The average molecular weight is 446 g/mol. The Morgan fingerprint density at radius 3 is 3.00 bits per heavy atom. The summed E-state index contributed by atoms with van der Waals surface area (Å²) in [6.45, 7) is 3.96. The number of pyridine rings is 1. The van der Waals surface area contributed by atoms with Gasteiger partial charge in [-0.2, -0.15) is 0 Å². The lowest BCUT2D eigenvalue weighted by Gasteiger charge is -2.35. The summed E-state index contributed by atoms with van der Waals surface area (Å²) in [6, 6.07) is 11.5. The molecular weight excluding hydrogens is 415 g/mol. The zero-order chi connectivity index (χ0) is 22.8. The Kier molecular flexibility index (Phi) is 6.38. The van der Waals surface area contributed by atoms with Crippen LogP contribution in [0.1, 0.15) is 55.2 Å². The van der Waals surface area contributed by atoms with Gasteiger partial charge in [0.25, 0.3) is 0 Å². The summed E-state index contributed by atoms with van der Waals surface area (Å²) in [5.41, 5.74) is 13.1. The van der Waals surface area contributed by atoms with Gasteiger partial charge in [-0.3, -0.25) is 4.98 Å². The number of para-hydroxylation sites is 1. The number of hydrogen-bond acceptors (Lipinski definition) is 4. The van der Waals surface area contributed by atoms with Crippen molar-refractivity contribution in [3.63, 3.8) is 0 Å². The second kappa shape index (κ2) is 9.57. The number of hydrogen-bond donors (Lipinski definition) is 1. The van der Waals surface area contributed by atoms with E-state index in [4.69, 9.17) is 10.2 Å². The van der Waals surface area contributed by atoms with E-state index in [2.05, 4.69) is 28.3 Å². The van der Waals surface area contributed by atoms with Crippen molar-refractivity contribution in [3.8, 4) is 0 Å². The Hall–Kier alpha value is -2.83. The predicted octanol–water partition coefficient (Wildman–Crippen LogP) is 6.77. The molecule has 1 aliphatic rings. The number of halogens is 1. The number of nitrogens with zero attached hydrogens (tertiary/aromatic N) is 2. The molecule has 2 N–H and O–H groups in total. The van der Waals surface area contributed by atoms with Gasteiger partial charge in [0, 0.05) is 24.2 Å². The van der Waals surface area contributed by atoms with E-state index in [0.29, 0.717) is 22.9 Å². The minimum atomic E-state index is -0.287. The third kappa shape index (κ3) is 4.37. The molecule has 33 heavy (non-hydrogen) atoms. The van der Waals surface area contributed by atoms with Crippen molar-refractivity contribution >= 4 is 22.0 Å². The molecule has 0 bridgehead atoms. The van der Waals surface area contributed by atoms with E-state index in [1.807, 2.05) is 24.3 Å². The molecule has 0 aliphatic heterocycles. The highest BCUT2D eigenvalue weighted by molar-refractivity contribution is 5.84. The van der Waals surface area contributed by atoms with Crippen LogP contribution in [0.2, 0.25) is 0 Å². The second-order valence-corrected chi connectivity index (χ2v) is 9.35. The standard InChI is InChI=1S/C27H30FN4O/c1-17(14-30-15-20-7-3-9-25-27(20)32-16-33-25)18-5-2-6-19(11-18)26-21-8-4-10-31-24(21)12-23(28)22(26)13-29/h3-4,7-10,12,16-19,29-30H,2,5-6,11,13-15H2,1H3/q-1/t17?,18-,19?/m1/s1.